The predicted octanol–water partition coefficient (Wildman–Crippen LogP) is 2.48. The van der Waals surface area contributed by atoms with E-state index >= 15 is 0 Å². The Morgan fingerprint density at radius 3 is 1.14 bits per heavy atom. The van der Waals surface area contributed by atoms with Crippen LogP contribution in [0.3, 0.4) is 0 Å². The van der Waals surface area contributed by atoms with Crippen LogP contribution in [0.4, 0.5) is 0 Å². The fourth-order valence-corrected chi connectivity index (χ4v) is 0. The molecular formula is C6H15Si-. The van der Waals surface area contributed by atoms with Crippen LogP contribution in [0.2, 0.25) is 19.6 Å². The zero-order chi connectivity index (χ0) is 6.08. The van der Waals surface area contributed by atoms with Gasteiger partial charge >= 0.3 is 0 Å². The highest BCUT2D eigenvalue weighted by molar-refractivity contribution is 6.81. The maximum atomic E-state index is 2.36. The first kappa shape index (κ1) is 7.22. The molecule has 0 rings (SSSR count). The van der Waals surface area contributed by atoms with Crippen molar-refractivity contribution in [2.24, 2.45) is 0 Å². The molecule has 0 radical (unpaired) electrons. The molecule has 0 aromatic carbocycles. The van der Waals surface area contributed by atoms with Gasteiger partial charge in [0, 0.05) is 0 Å². The highest BCUT2D eigenvalue weighted by Crippen LogP contribution is 2.14. The van der Waals surface area contributed by atoms with Gasteiger partial charge in [0.2, 0.25) is 0 Å². The maximum absolute atomic E-state index is 2.36. The van der Waals surface area contributed by atoms with Crippen LogP contribution in [0.15, 0.2) is 0 Å². The number of hydrogen-bond donors (Lipinski definition) is 0. The summed E-state index contributed by atoms with van der Waals surface area (Å²) in [6.45, 7) is 11.5. The van der Waals surface area contributed by atoms with E-state index in [2.05, 4.69) is 33.5 Å². The van der Waals surface area contributed by atoms with Gasteiger partial charge in [-0.3, -0.25) is 0 Å². The summed E-state index contributed by atoms with van der Waals surface area (Å²) in [4.78, 5) is 0. The SMILES string of the molecule is C[C-](C)[Si](C)(C)C. The average Bonchev–Trinajstić information content (AvgIpc) is 1.31. The zero-order valence-corrected chi connectivity index (χ0v) is 7.00. The zero-order valence-electron chi connectivity index (χ0n) is 6.00. The molecule has 0 saturated carbocycles. The lowest BCUT2D eigenvalue weighted by atomic mass is 10.6. The van der Waals surface area contributed by atoms with Gasteiger partial charge in [-0.05, 0) is 0 Å². The first-order valence-corrected chi connectivity index (χ1v) is 6.25. The lowest BCUT2D eigenvalue weighted by Crippen LogP contribution is -2.26. The maximum Gasteiger partial charge on any atom is -0.0947 e. The third-order valence-electron chi connectivity index (χ3n) is 1.50. The molecule has 1 heteroatoms. The molecule has 0 aromatic heterocycles. The van der Waals surface area contributed by atoms with E-state index in [0.29, 0.717) is 0 Å². The van der Waals surface area contributed by atoms with Gasteiger partial charge < -0.3 is 5.54 Å². The monoisotopic (exact) mass is 115 g/mol. The van der Waals surface area contributed by atoms with E-state index in [4.69, 9.17) is 0 Å². The lowest BCUT2D eigenvalue weighted by Gasteiger charge is -2.34. The minimum Gasteiger partial charge on any atom is -0.319 e. The third-order valence-corrected chi connectivity index (χ3v) is 4.50. The smallest absolute Gasteiger partial charge is 0.0947 e. The quantitative estimate of drug-likeness (QED) is 0.364. The Morgan fingerprint density at radius 1 is 1.00 bits per heavy atom. The molecule has 0 unspecified atom stereocenters. The van der Waals surface area contributed by atoms with Crippen LogP contribution in [0, 0.1) is 5.54 Å². The molecule has 7 heavy (non-hydrogen) atoms. The van der Waals surface area contributed by atoms with Crippen LogP contribution in [0.1, 0.15) is 13.8 Å². The van der Waals surface area contributed by atoms with Crippen LogP contribution < -0.4 is 0 Å². The molecule has 0 N–H and O–H groups in total. The first-order chi connectivity index (χ1) is 2.94. The Kier molecular flexibility index (Phi) is 2.05. The van der Waals surface area contributed by atoms with E-state index in [1.54, 1.807) is 5.54 Å². The van der Waals surface area contributed by atoms with E-state index in [-0.39, 0.29) is 0 Å². The van der Waals surface area contributed by atoms with Crippen LogP contribution in [-0.2, 0) is 0 Å². The van der Waals surface area contributed by atoms with Crippen LogP contribution in [-0.4, -0.2) is 8.07 Å². The Morgan fingerprint density at radius 2 is 1.14 bits per heavy atom. The summed E-state index contributed by atoms with van der Waals surface area (Å²) < 4.78 is 0. The van der Waals surface area contributed by atoms with Crippen molar-refractivity contribution in [1.29, 1.82) is 0 Å². The predicted molar refractivity (Wildman–Crippen MR) is 37.9 cm³/mol. The van der Waals surface area contributed by atoms with Crippen molar-refractivity contribution < 1.29 is 0 Å². The van der Waals surface area contributed by atoms with E-state index in [1.807, 2.05) is 0 Å². The molecule has 0 spiro atoms. The largest absolute Gasteiger partial charge is 0.319 e. The summed E-state index contributed by atoms with van der Waals surface area (Å²) >= 11 is 0. The molecule has 0 heterocycles. The van der Waals surface area contributed by atoms with Crippen molar-refractivity contribution >= 4 is 8.07 Å². The minimum atomic E-state index is -0.818. The van der Waals surface area contributed by atoms with Gasteiger partial charge in [-0.25, -0.2) is 0 Å². The second-order valence-electron chi connectivity index (χ2n) is 3.25. The molecule has 0 nitrogen and oxygen atoms in total. The van der Waals surface area contributed by atoms with E-state index < -0.39 is 8.07 Å². The molecule has 0 amide bonds. The number of hydrogen-bond acceptors (Lipinski definition) is 0. The topological polar surface area (TPSA) is 0 Å². The van der Waals surface area contributed by atoms with Gasteiger partial charge in [0.05, 0.1) is 0 Å². The van der Waals surface area contributed by atoms with Crippen molar-refractivity contribution in [3.05, 3.63) is 5.54 Å². The molecule has 0 fully saturated rings. The van der Waals surface area contributed by atoms with Crippen molar-refractivity contribution in [2.75, 3.05) is 0 Å². The van der Waals surface area contributed by atoms with Gasteiger partial charge in [0.25, 0.3) is 0 Å². The molecule has 0 aromatic rings. The molecule has 0 aliphatic carbocycles. The second-order valence-corrected chi connectivity index (χ2v) is 8.75. The van der Waals surface area contributed by atoms with Crippen molar-refractivity contribution in [3.8, 4) is 0 Å². The molecule has 0 aliphatic rings. The van der Waals surface area contributed by atoms with Crippen molar-refractivity contribution in [1.82, 2.24) is 0 Å². The van der Waals surface area contributed by atoms with Gasteiger partial charge in [-0.1, -0.05) is 27.7 Å². The fraction of sp³-hybridized carbons (Fsp3) is 0.833. The Hall–Kier alpha value is 0.217. The normalized spacial score (nSPS) is 12.9. The fourth-order valence-electron chi connectivity index (χ4n) is 0. The summed E-state index contributed by atoms with van der Waals surface area (Å²) in [5.41, 5.74) is 1.63. The van der Waals surface area contributed by atoms with Gasteiger partial charge in [-0.2, -0.15) is 13.8 Å². The standard InChI is InChI=1S/C6H15Si/c1-6(2)7(3,4)5/h1-5H3/q-1. The van der Waals surface area contributed by atoms with E-state index in [0.717, 1.165) is 0 Å². The van der Waals surface area contributed by atoms with Crippen molar-refractivity contribution in [2.45, 2.75) is 33.5 Å². The molecule has 0 saturated heterocycles. The van der Waals surface area contributed by atoms with E-state index in [9.17, 15) is 0 Å². The Labute approximate surface area is 47.9 Å². The highest BCUT2D eigenvalue weighted by atomic mass is 28.3. The first-order valence-electron chi connectivity index (χ1n) is 2.75. The van der Waals surface area contributed by atoms with Crippen LogP contribution in [0.5, 0.6) is 0 Å². The Balaban J connectivity index is 3.54. The summed E-state index contributed by atoms with van der Waals surface area (Å²) in [5.74, 6) is 0. The molecule has 0 atom stereocenters. The average molecular weight is 115 g/mol. The summed E-state index contributed by atoms with van der Waals surface area (Å²) in [5, 5.41) is 0. The highest BCUT2D eigenvalue weighted by Gasteiger charge is 2.02. The summed E-state index contributed by atoms with van der Waals surface area (Å²) in [6, 6.07) is 0. The summed E-state index contributed by atoms with van der Waals surface area (Å²) in [6.07, 6.45) is 0. The van der Waals surface area contributed by atoms with Gasteiger partial charge in [0.1, 0.15) is 0 Å². The third kappa shape index (κ3) is 2.86. The molecule has 0 aliphatic heterocycles. The van der Waals surface area contributed by atoms with Crippen LogP contribution >= 0.6 is 0 Å². The minimum absolute atomic E-state index is 0.818. The van der Waals surface area contributed by atoms with Gasteiger partial charge in [0.15, 0.2) is 0 Å². The van der Waals surface area contributed by atoms with Gasteiger partial charge in [-0.15, -0.1) is 0 Å². The van der Waals surface area contributed by atoms with Crippen LogP contribution in [0.25, 0.3) is 0 Å². The van der Waals surface area contributed by atoms with Crippen molar-refractivity contribution in [3.63, 3.8) is 0 Å². The Bertz CT molecular complexity index is 49.7. The second kappa shape index (κ2) is 1.99. The number of rotatable bonds is 1. The molecule has 44 valence electrons. The lowest BCUT2D eigenvalue weighted by molar-refractivity contribution is 1.24. The van der Waals surface area contributed by atoms with E-state index in [1.165, 1.54) is 0 Å². The molecular weight excluding hydrogens is 100 g/mol. The summed E-state index contributed by atoms with van der Waals surface area (Å²) in [7, 11) is -0.818. The molecule has 0 bridgehead atoms.